The number of aromatic nitrogens is 1. The van der Waals surface area contributed by atoms with Crippen LogP contribution in [0.4, 0.5) is 0 Å². The van der Waals surface area contributed by atoms with E-state index in [0.717, 1.165) is 17.7 Å². The van der Waals surface area contributed by atoms with Crippen LogP contribution in [-0.4, -0.2) is 19.2 Å². The second kappa shape index (κ2) is 7.05. The van der Waals surface area contributed by atoms with Gasteiger partial charge in [0.2, 0.25) is 0 Å². The number of hydrogen-bond acceptors (Lipinski definition) is 3. The number of hydrogen-bond donors (Lipinski definition) is 0. The minimum Gasteiger partial charge on any atom is -0.261 e. The van der Waals surface area contributed by atoms with Gasteiger partial charge in [-0.05, 0) is 55.0 Å². The van der Waals surface area contributed by atoms with Crippen LogP contribution in [0.15, 0.2) is 47.5 Å². The Morgan fingerprint density at radius 2 is 1.77 bits per heavy atom. The van der Waals surface area contributed by atoms with Gasteiger partial charge >= 0.3 is 0 Å². The van der Waals surface area contributed by atoms with Gasteiger partial charge < -0.3 is 0 Å². The first-order chi connectivity index (χ1) is 10.4. The average molecular weight is 317 g/mol. The van der Waals surface area contributed by atoms with Gasteiger partial charge in [0.15, 0.2) is 9.84 Å². The summed E-state index contributed by atoms with van der Waals surface area (Å²) in [5, 5.41) is 0. The maximum Gasteiger partial charge on any atom is 0.178 e. The Kier molecular flexibility index (Phi) is 5.35. The summed E-state index contributed by atoms with van der Waals surface area (Å²) >= 11 is 0. The van der Waals surface area contributed by atoms with Gasteiger partial charge in [0.25, 0.3) is 0 Å². The summed E-state index contributed by atoms with van der Waals surface area (Å²) < 4.78 is 24.8. The van der Waals surface area contributed by atoms with Crippen LogP contribution in [0.3, 0.4) is 0 Å². The quantitative estimate of drug-likeness (QED) is 0.811. The predicted molar refractivity (Wildman–Crippen MR) is 89.9 cm³/mol. The van der Waals surface area contributed by atoms with Crippen LogP contribution in [0.1, 0.15) is 43.0 Å². The fraction of sp³-hybridized carbons (Fsp3) is 0.389. The summed E-state index contributed by atoms with van der Waals surface area (Å²) in [6, 6.07) is 11.1. The van der Waals surface area contributed by atoms with Gasteiger partial charge in [0, 0.05) is 11.9 Å². The highest BCUT2D eigenvalue weighted by atomic mass is 32.2. The van der Waals surface area contributed by atoms with Crippen molar-refractivity contribution in [1.82, 2.24) is 4.98 Å². The van der Waals surface area contributed by atoms with E-state index in [-0.39, 0.29) is 5.75 Å². The van der Waals surface area contributed by atoms with Gasteiger partial charge in [-0.3, -0.25) is 4.98 Å². The molecule has 1 aromatic carbocycles. The molecular formula is C18H23NO2S. The summed E-state index contributed by atoms with van der Waals surface area (Å²) in [6.45, 7) is 6.19. The maximum absolute atomic E-state index is 12.4. The zero-order valence-electron chi connectivity index (χ0n) is 13.4. The molecule has 2 aromatic rings. The molecule has 1 unspecified atom stereocenters. The number of pyridine rings is 1. The van der Waals surface area contributed by atoms with Crippen molar-refractivity contribution < 1.29 is 8.42 Å². The van der Waals surface area contributed by atoms with Gasteiger partial charge in [0.1, 0.15) is 0 Å². The zero-order chi connectivity index (χ0) is 16.2. The van der Waals surface area contributed by atoms with E-state index >= 15 is 0 Å². The second-order valence-corrected chi connectivity index (χ2v) is 7.86. The highest BCUT2D eigenvalue weighted by molar-refractivity contribution is 7.91. The maximum atomic E-state index is 12.4. The molecule has 0 spiro atoms. The molecule has 0 N–H and O–H groups in total. The van der Waals surface area contributed by atoms with Crippen LogP contribution in [0.25, 0.3) is 0 Å². The van der Waals surface area contributed by atoms with E-state index < -0.39 is 9.84 Å². The molecule has 4 heteroatoms. The predicted octanol–water partition coefficient (Wildman–Crippen LogP) is 3.92. The normalized spacial score (nSPS) is 13.0. The largest absolute Gasteiger partial charge is 0.261 e. The van der Waals surface area contributed by atoms with E-state index in [2.05, 4.69) is 18.8 Å². The van der Waals surface area contributed by atoms with Crippen molar-refractivity contribution in [2.45, 2.75) is 44.4 Å². The lowest BCUT2D eigenvalue weighted by molar-refractivity contribution is 0.595. The van der Waals surface area contributed by atoms with E-state index in [1.807, 2.05) is 31.2 Å². The topological polar surface area (TPSA) is 47.0 Å². The molecule has 1 aromatic heterocycles. The third-order valence-electron chi connectivity index (χ3n) is 4.05. The van der Waals surface area contributed by atoms with Gasteiger partial charge in [-0.15, -0.1) is 0 Å². The standard InChI is InChI=1S/C18H23NO2S/c1-4-14(2)17-7-9-18(10-8-17)22(20,21)12-11-16-6-5-15(3)19-13-16/h5-10,13-14H,4,11-12H2,1-3H3. The Morgan fingerprint density at radius 1 is 1.09 bits per heavy atom. The third-order valence-corrected chi connectivity index (χ3v) is 5.78. The molecule has 0 saturated carbocycles. The van der Waals surface area contributed by atoms with Crippen LogP contribution in [0, 0.1) is 6.92 Å². The highest BCUT2D eigenvalue weighted by Crippen LogP contribution is 2.21. The average Bonchev–Trinajstić information content (AvgIpc) is 2.54. The third kappa shape index (κ3) is 4.17. The van der Waals surface area contributed by atoms with Crippen LogP contribution in [-0.2, 0) is 16.3 Å². The fourth-order valence-corrected chi connectivity index (χ4v) is 3.55. The van der Waals surface area contributed by atoms with E-state index in [1.54, 1.807) is 18.3 Å². The number of benzene rings is 1. The van der Waals surface area contributed by atoms with Crippen molar-refractivity contribution in [1.29, 1.82) is 0 Å². The monoisotopic (exact) mass is 317 g/mol. The van der Waals surface area contributed by atoms with Crippen LogP contribution in [0.2, 0.25) is 0 Å². The second-order valence-electron chi connectivity index (χ2n) is 5.76. The number of rotatable bonds is 6. The molecule has 2 rings (SSSR count). The molecule has 0 fully saturated rings. The van der Waals surface area contributed by atoms with E-state index in [9.17, 15) is 8.42 Å². The van der Waals surface area contributed by atoms with Crippen LogP contribution >= 0.6 is 0 Å². The van der Waals surface area contributed by atoms with Crippen molar-refractivity contribution in [3.8, 4) is 0 Å². The summed E-state index contributed by atoms with van der Waals surface area (Å²) in [5.74, 6) is 0.566. The molecule has 0 aliphatic rings. The Morgan fingerprint density at radius 3 is 2.32 bits per heavy atom. The number of sulfone groups is 1. The zero-order valence-corrected chi connectivity index (χ0v) is 14.2. The molecule has 0 radical (unpaired) electrons. The first-order valence-corrected chi connectivity index (χ1v) is 9.32. The molecule has 0 bridgehead atoms. The Hall–Kier alpha value is -1.68. The van der Waals surface area contributed by atoms with Crippen molar-refractivity contribution in [3.63, 3.8) is 0 Å². The van der Waals surface area contributed by atoms with Gasteiger partial charge in [-0.25, -0.2) is 8.42 Å². The molecule has 0 saturated heterocycles. The summed E-state index contributed by atoms with van der Waals surface area (Å²) in [5.41, 5.74) is 3.07. The summed E-state index contributed by atoms with van der Waals surface area (Å²) in [7, 11) is -3.25. The molecule has 0 amide bonds. The first kappa shape index (κ1) is 16.7. The minimum absolute atomic E-state index is 0.112. The molecule has 1 atom stereocenters. The number of aryl methyl sites for hydroxylation is 2. The van der Waals surface area contributed by atoms with Gasteiger partial charge in [-0.1, -0.05) is 32.0 Å². The fourth-order valence-electron chi connectivity index (χ4n) is 2.26. The molecule has 0 aliphatic carbocycles. The number of nitrogens with zero attached hydrogens (tertiary/aromatic N) is 1. The Labute approximate surface area is 133 Å². The lowest BCUT2D eigenvalue weighted by Crippen LogP contribution is -2.09. The Bertz CT molecular complexity index is 704. The summed E-state index contributed by atoms with van der Waals surface area (Å²) in [4.78, 5) is 4.60. The summed E-state index contributed by atoms with van der Waals surface area (Å²) in [6.07, 6.45) is 3.28. The molecule has 1 heterocycles. The first-order valence-electron chi connectivity index (χ1n) is 7.66. The van der Waals surface area contributed by atoms with Gasteiger partial charge in [0.05, 0.1) is 10.6 Å². The Balaban J connectivity index is 2.08. The molecule has 0 aliphatic heterocycles. The minimum atomic E-state index is -3.25. The van der Waals surface area contributed by atoms with Crippen molar-refractivity contribution in [2.75, 3.05) is 5.75 Å². The molecule has 3 nitrogen and oxygen atoms in total. The SMILES string of the molecule is CCC(C)c1ccc(S(=O)(=O)CCc2ccc(C)nc2)cc1. The van der Waals surface area contributed by atoms with Gasteiger partial charge in [-0.2, -0.15) is 0 Å². The van der Waals surface area contributed by atoms with E-state index in [0.29, 0.717) is 17.2 Å². The van der Waals surface area contributed by atoms with Crippen LogP contribution in [0.5, 0.6) is 0 Å². The van der Waals surface area contributed by atoms with Crippen molar-refractivity contribution >= 4 is 9.84 Å². The smallest absolute Gasteiger partial charge is 0.178 e. The van der Waals surface area contributed by atoms with Crippen molar-refractivity contribution in [2.24, 2.45) is 0 Å². The van der Waals surface area contributed by atoms with E-state index in [1.165, 1.54) is 5.56 Å². The molecular weight excluding hydrogens is 294 g/mol. The molecule has 118 valence electrons. The molecule has 22 heavy (non-hydrogen) atoms. The van der Waals surface area contributed by atoms with E-state index in [4.69, 9.17) is 0 Å². The van der Waals surface area contributed by atoms with Crippen LogP contribution < -0.4 is 0 Å². The highest BCUT2D eigenvalue weighted by Gasteiger charge is 2.15. The van der Waals surface area contributed by atoms with Crippen molar-refractivity contribution in [3.05, 3.63) is 59.4 Å². The lowest BCUT2D eigenvalue weighted by atomic mass is 9.99. The lowest BCUT2D eigenvalue weighted by Gasteiger charge is -2.10.